The van der Waals surface area contributed by atoms with Crippen LogP contribution in [0.1, 0.15) is 28.4 Å². The molecule has 0 spiro atoms. The Balaban J connectivity index is 2.23. The van der Waals surface area contributed by atoms with Crippen molar-refractivity contribution in [1.29, 1.82) is 0 Å². The zero-order valence-electron chi connectivity index (χ0n) is 10.3. The minimum Gasteiger partial charge on any atom is -0.480 e. The second-order valence-corrected chi connectivity index (χ2v) is 6.64. The van der Waals surface area contributed by atoms with E-state index in [9.17, 15) is 9.59 Å². The minimum absolute atomic E-state index is 0.0780. The van der Waals surface area contributed by atoms with Crippen LogP contribution in [0.5, 0.6) is 0 Å². The van der Waals surface area contributed by atoms with Crippen molar-refractivity contribution in [2.75, 3.05) is 5.75 Å². The zero-order chi connectivity index (χ0) is 13.3. The second-order valence-electron chi connectivity index (χ2n) is 4.12. The number of amides is 1. The quantitative estimate of drug-likeness (QED) is 0.926. The molecule has 0 radical (unpaired) electrons. The van der Waals surface area contributed by atoms with Crippen LogP contribution in [0.3, 0.4) is 0 Å². The lowest BCUT2D eigenvalue weighted by molar-refractivity contribution is -0.141. The van der Waals surface area contributed by atoms with E-state index in [4.69, 9.17) is 5.11 Å². The first-order valence-corrected chi connectivity index (χ1v) is 7.67. The Hall–Kier alpha value is -1.01. The van der Waals surface area contributed by atoms with Crippen LogP contribution in [0.15, 0.2) is 12.1 Å². The maximum atomic E-state index is 12.4. The van der Waals surface area contributed by atoms with Crippen molar-refractivity contribution in [2.45, 2.75) is 31.7 Å². The minimum atomic E-state index is -0.924. The average molecular weight is 285 g/mol. The number of nitrogens with zero attached hydrogens (tertiary/aromatic N) is 1. The van der Waals surface area contributed by atoms with Gasteiger partial charge < -0.3 is 10.0 Å². The van der Waals surface area contributed by atoms with E-state index in [-0.39, 0.29) is 11.3 Å². The molecule has 2 rings (SSSR count). The fourth-order valence-electron chi connectivity index (χ4n) is 1.95. The molecule has 6 heteroatoms. The molecule has 0 aliphatic carbocycles. The van der Waals surface area contributed by atoms with Crippen LogP contribution >= 0.6 is 23.1 Å². The lowest BCUT2D eigenvalue weighted by Crippen LogP contribution is -2.44. The van der Waals surface area contributed by atoms with Crippen LogP contribution < -0.4 is 0 Å². The van der Waals surface area contributed by atoms with Crippen molar-refractivity contribution in [3.05, 3.63) is 21.9 Å². The summed E-state index contributed by atoms with van der Waals surface area (Å²) in [5.41, 5.74) is 0. The Kier molecular flexibility index (Phi) is 3.97. The van der Waals surface area contributed by atoms with Crippen molar-refractivity contribution >= 4 is 35.0 Å². The molecule has 1 aliphatic rings. The van der Waals surface area contributed by atoms with Gasteiger partial charge >= 0.3 is 5.97 Å². The van der Waals surface area contributed by atoms with Crippen molar-refractivity contribution in [3.63, 3.8) is 0 Å². The Morgan fingerprint density at radius 2 is 2.22 bits per heavy atom. The number of carbonyl (C=O) groups is 2. The van der Waals surface area contributed by atoms with Gasteiger partial charge in [-0.3, -0.25) is 4.79 Å². The highest BCUT2D eigenvalue weighted by Gasteiger charge is 2.40. The Bertz CT molecular complexity index is 472. The lowest BCUT2D eigenvalue weighted by atomic mass is 10.2. The first-order valence-electron chi connectivity index (χ1n) is 5.80. The molecule has 1 fully saturated rings. The molecule has 18 heavy (non-hydrogen) atoms. The normalized spacial score (nSPS) is 23.3. The van der Waals surface area contributed by atoms with Gasteiger partial charge in [-0.05, 0) is 25.5 Å². The standard InChI is InChI=1S/C12H15NO3S2/c1-3-8-4-5-10(18-8)11(14)13-7(2)17-6-9(13)12(15)16/h4-5,7,9H,3,6H2,1-2H3,(H,15,16). The fourth-order valence-corrected chi connectivity index (χ4v) is 4.01. The summed E-state index contributed by atoms with van der Waals surface area (Å²) in [6.07, 6.45) is 0.893. The maximum Gasteiger partial charge on any atom is 0.327 e. The van der Waals surface area contributed by atoms with E-state index in [1.165, 1.54) is 28.0 Å². The van der Waals surface area contributed by atoms with Crippen LogP contribution in [-0.2, 0) is 11.2 Å². The number of aryl methyl sites for hydroxylation is 1. The number of hydrogen-bond donors (Lipinski definition) is 1. The highest BCUT2D eigenvalue weighted by Crippen LogP contribution is 2.31. The van der Waals surface area contributed by atoms with Crippen LogP contribution in [0.25, 0.3) is 0 Å². The number of rotatable bonds is 3. The van der Waals surface area contributed by atoms with E-state index in [0.717, 1.165) is 11.3 Å². The van der Waals surface area contributed by atoms with E-state index < -0.39 is 12.0 Å². The van der Waals surface area contributed by atoms with Gasteiger partial charge in [-0.2, -0.15) is 0 Å². The maximum absolute atomic E-state index is 12.4. The van der Waals surface area contributed by atoms with Crippen molar-refractivity contribution in [1.82, 2.24) is 4.90 Å². The van der Waals surface area contributed by atoms with E-state index in [2.05, 4.69) is 0 Å². The second kappa shape index (κ2) is 5.32. The summed E-state index contributed by atoms with van der Waals surface area (Å²) in [6, 6.07) is 3.02. The number of carbonyl (C=O) groups excluding carboxylic acids is 1. The van der Waals surface area contributed by atoms with Crippen molar-refractivity contribution in [2.24, 2.45) is 0 Å². The van der Waals surface area contributed by atoms with Gasteiger partial charge in [0.15, 0.2) is 0 Å². The molecule has 1 aromatic rings. The van der Waals surface area contributed by atoms with Crippen LogP contribution in [0.4, 0.5) is 0 Å². The smallest absolute Gasteiger partial charge is 0.327 e. The van der Waals surface area contributed by atoms with Gasteiger partial charge in [0.1, 0.15) is 6.04 Å². The Morgan fingerprint density at radius 3 is 2.78 bits per heavy atom. The van der Waals surface area contributed by atoms with E-state index >= 15 is 0 Å². The molecule has 2 atom stereocenters. The van der Waals surface area contributed by atoms with Gasteiger partial charge in [-0.25, -0.2) is 4.79 Å². The highest BCUT2D eigenvalue weighted by atomic mass is 32.2. The first-order chi connectivity index (χ1) is 8.54. The van der Waals surface area contributed by atoms with Crippen LogP contribution in [-0.4, -0.2) is 39.1 Å². The van der Waals surface area contributed by atoms with Gasteiger partial charge in [0.2, 0.25) is 0 Å². The molecule has 1 saturated heterocycles. The molecule has 1 N–H and O–H groups in total. The zero-order valence-corrected chi connectivity index (χ0v) is 11.9. The van der Waals surface area contributed by atoms with Gasteiger partial charge in [0.05, 0.1) is 10.3 Å². The number of thioether (sulfide) groups is 1. The van der Waals surface area contributed by atoms with Crippen LogP contribution in [0.2, 0.25) is 0 Å². The number of thiophene rings is 1. The van der Waals surface area contributed by atoms with E-state index in [1.807, 2.05) is 19.9 Å². The number of hydrogen-bond acceptors (Lipinski definition) is 4. The summed E-state index contributed by atoms with van der Waals surface area (Å²) in [7, 11) is 0. The molecule has 1 aliphatic heterocycles. The Morgan fingerprint density at radius 1 is 1.50 bits per heavy atom. The van der Waals surface area contributed by atoms with Crippen molar-refractivity contribution < 1.29 is 14.7 Å². The van der Waals surface area contributed by atoms with Gasteiger partial charge in [-0.1, -0.05) is 6.92 Å². The monoisotopic (exact) mass is 285 g/mol. The summed E-state index contributed by atoms with van der Waals surface area (Å²) in [5, 5.41) is 9.07. The average Bonchev–Trinajstić information content (AvgIpc) is 2.94. The Labute approximate surface area is 114 Å². The summed E-state index contributed by atoms with van der Waals surface area (Å²) in [6.45, 7) is 3.91. The summed E-state index contributed by atoms with van der Waals surface area (Å²) in [4.78, 5) is 26.8. The summed E-state index contributed by atoms with van der Waals surface area (Å²) in [5.74, 6) is -0.620. The molecule has 0 bridgehead atoms. The molecule has 0 saturated carbocycles. The number of carboxylic acids is 1. The third-order valence-corrected chi connectivity index (χ3v) is 5.40. The molecule has 0 aromatic carbocycles. The van der Waals surface area contributed by atoms with Gasteiger partial charge in [0, 0.05) is 10.6 Å². The van der Waals surface area contributed by atoms with E-state index in [0.29, 0.717) is 10.6 Å². The molecule has 4 nitrogen and oxygen atoms in total. The van der Waals surface area contributed by atoms with Crippen LogP contribution in [0, 0.1) is 0 Å². The molecule has 98 valence electrons. The molecule has 1 amide bonds. The predicted molar refractivity (Wildman–Crippen MR) is 73.2 cm³/mol. The SMILES string of the molecule is CCc1ccc(C(=O)N2C(C)SCC2C(=O)O)s1. The van der Waals surface area contributed by atoms with E-state index in [1.54, 1.807) is 6.07 Å². The van der Waals surface area contributed by atoms with Gasteiger partial charge in [0.25, 0.3) is 5.91 Å². The lowest BCUT2D eigenvalue weighted by Gasteiger charge is -2.24. The molecular formula is C12H15NO3S2. The largest absolute Gasteiger partial charge is 0.480 e. The first kappa shape index (κ1) is 13.4. The molecular weight excluding hydrogens is 270 g/mol. The molecule has 1 aromatic heterocycles. The third kappa shape index (κ3) is 2.40. The summed E-state index contributed by atoms with van der Waals surface area (Å²) >= 11 is 2.96. The molecule has 2 unspecified atom stereocenters. The third-order valence-electron chi connectivity index (χ3n) is 2.96. The predicted octanol–water partition coefficient (Wildman–Crippen LogP) is 2.30. The highest BCUT2D eigenvalue weighted by molar-refractivity contribution is 8.00. The summed E-state index contributed by atoms with van der Waals surface area (Å²) < 4.78 is 0. The number of aliphatic carboxylic acids is 1. The van der Waals surface area contributed by atoms with Crippen molar-refractivity contribution in [3.8, 4) is 0 Å². The number of carboxylic acid groups (broad SMARTS) is 1. The topological polar surface area (TPSA) is 57.6 Å². The molecule has 2 heterocycles. The van der Waals surface area contributed by atoms with Gasteiger partial charge in [-0.15, -0.1) is 23.1 Å². The fraction of sp³-hybridized carbons (Fsp3) is 0.500.